The molecular formula is C11H16ClN3O. The number of aryl methyl sites for hydroxylation is 1. The van der Waals surface area contributed by atoms with Crippen molar-refractivity contribution >= 4 is 17.4 Å². The molecule has 0 aliphatic heterocycles. The lowest BCUT2D eigenvalue weighted by Gasteiger charge is -2.06. The van der Waals surface area contributed by atoms with Crippen molar-refractivity contribution in [1.82, 2.24) is 15.1 Å². The largest absolute Gasteiger partial charge is 0.307 e. The molecule has 1 aromatic heterocycles. The summed E-state index contributed by atoms with van der Waals surface area (Å²) in [4.78, 5) is 11.9. The predicted octanol–water partition coefficient (Wildman–Crippen LogP) is 1.88. The van der Waals surface area contributed by atoms with E-state index in [1.54, 1.807) is 10.9 Å². The van der Waals surface area contributed by atoms with Gasteiger partial charge in [-0.05, 0) is 19.3 Å². The first-order valence-electron chi connectivity index (χ1n) is 5.70. The summed E-state index contributed by atoms with van der Waals surface area (Å²) >= 11 is 5.97. The molecule has 1 fully saturated rings. The fraction of sp³-hybridized carbons (Fsp3) is 0.636. The zero-order valence-corrected chi connectivity index (χ0v) is 10.1. The van der Waals surface area contributed by atoms with Crippen molar-refractivity contribution in [1.29, 1.82) is 0 Å². The highest BCUT2D eigenvalue weighted by Crippen LogP contribution is 2.19. The number of aromatic nitrogens is 2. The van der Waals surface area contributed by atoms with Gasteiger partial charge >= 0.3 is 0 Å². The number of Topliss-reactive ketones (excluding diaryl/α,β-unsaturated/α-hetero) is 1. The Morgan fingerprint density at radius 1 is 1.69 bits per heavy atom. The van der Waals surface area contributed by atoms with Gasteiger partial charge in [-0.25, -0.2) is 0 Å². The molecule has 1 aromatic rings. The average Bonchev–Trinajstić information content (AvgIpc) is 3.01. The third-order valence-electron chi connectivity index (χ3n) is 2.62. The van der Waals surface area contributed by atoms with Crippen LogP contribution in [0.4, 0.5) is 0 Å². The third-order valence-corrected chi connectivity index (χ3v) is 2.90. The molecular weight excluding hydrogens is 226 g/mol. The SMILES string of the molecule is CCCn1ncc(Cl)c1C(=O)CNC1CC1. The number of nitrogens with one attached hydrogen (secondary N) is 1. The highest BCUT2D eigenvalue weighted by atomic mass is 35.5. The first kappa shape index (κ1) is 11.6. The lowest BCUT2D eigenvalue weighted by Crippen LogP contribution is -2.27. The summed E-state index contributed by atoms with van der Waals surface area (Å²) in [6.45, 7) is 3.14. The van der Waals surface area contributed by atoms with Crippen LogP contribution in [0.2, 0.25) is 5.02 Å². The summed E-state index contributed by atoms with van der Waals surface area (Å²) in [7, 11) is 0. The first-order chi connectivity index (χ1) is 7.72. The maximum absolute atomic E-state index is 11.9. The van der Waals surface area contributed by atoms with Gasteiger partial charge in [0.15, 0.2) is 5.78 Å². The Hall–Kier alpha value is -0.870. The van der Waals surface area contributed by atoms with E-state index in [-0.39, 0.29) is 5.78 Å². The number of rotatable bonds is 6. The number of nitrogens with zero attached hydrogens (tertiary/aromatic N) is 2. The van der Waals surface area contributed by atoms with Crippen LogP contribution in [0.1, 0.15) is 36.7 Å². The number of halogens is 1. The second-order valence-corrected chi connectivity index (χ2v) is 4.55. The number of ketones is 1. The summed E-state index contributed by atoms with van der Waals surface area (Å²) < 4.78 is 1.69. The molecule has 1 heterocycles. The molecule has 4 nitrogen and oxygen atoms in total. The van der Waals surface area contributed by atoms with E-state index in [9.17, 15) is 4.79 Å². The Kier molecular flexibility index (Phi) is 3.61. The van der Waals surface area contributed by atoms with Crippen LogP contribution < -0.4 is 5.32 Å². The van der Waals surface area contributed by atoms with Crippen molar-refractivity contribution < 1.29 is 4.79 Å². The topological polar surface area (TPSA) is 46.9 Å². The van der Waals surface area contributed by atoms with Crippen molar-refractivity contribution in [2.45, 2.75) is 38.8 Å². The summed E-state index contributed by atoms with van der Waals surface area (Å²) in [5.41, 5.74) is 0.539. The molecule has 0 atom stereocenters. The second kappa shape index (κ2) is 4.97. The Morgan fingerprint density at radius 3 is 3.06 bits per heavy atom. The van der Waals surface area contributed by atoms with Crippen LogP contribution in [-0.2, 0) is 6.54 Å². The molecule has 5 heteroatoms. The number of hydrogen-bond donors (Lipinski definition) is 1. The van der Waals surface area contributed by atoms with E-state index in [1.165, 1.54) is 12.8 Å². The van der Waals surface area contributed by atoms with E-state index in [4.69, 9.17) is 11.6 Å². The van der Waals surface area contributed by atoms with E-state index in [0.29, 0.717) is 23.3 Å². The summed E-state index contributed by atoms with van der Waals surface area (Å²) in [5.74, 6) is 0.0304. The Balaban J connectivity index is 2.04. The molecule has 0 amide bonds. The molecule has 2 rings (SSSR count). The average molecular weight is 242 g/mol. The van der Waals surface area contributed by atoms with Crippen molar-refractivity contribution in [2.24, 2.45) is 0 Å². The van der Waals surface area contributed by atoms with Crippen LogP contribution in [0, 0.1) is 0 Å². The van der Waals surface area contributed by atoms with Crippen LogP contribution in [0.5, 0.6) is 0 Å². The molecule has 0 unspecified atom stereocenters. The molecule has 1 saturated carbocycles. The highest BCUT2D eigenvalue weighted by molar-refractivity contribution is 6.33. The maximum Gasteiger partial charge on any atom is 0.196 e. The van der Waals surface area contributed by atoms with Gasteiger partial charge in [-0.1, -0.05) is 18.5 Å². The van der Waals surface area contributed by atoms with Crippen molar-refractivity contribution in [3.8, 4) is 0 Å². The van der Waals surface area contributed by atoms with Gasteiger partial charge in [-0.2, -0.15) is 5.10 Å². The third kappa shape index (κ3) is 2.62. The van der Waals surface area contributed by atoms with E-state index < -0.39 is 0 Å². The van der Waals surface area contributed by atoms with Gasteiger partial charge in [0.2, 0.25) is 0 Å². The molecule has 0 spiro atoms. The molecule has 0 saturated heterocycles. The van der Waals surface area contributed by atoms with Crippen LogP contribution in [0.15, 0.2) is 6.20 Å². The summed E-state index contributed by atoms with van der Waals surface area (Å²) in [5, 5.41) is 7.75. The van der Waals surface area contributed by atoms with Gasteiger partial charge in [-0.15, -0.1) is 0 Å². The summed E-state index contributed by atoms with van der Waals surface area (Å²) in [6, 6.07) is 0.533. The zero-order chi connectivity index (χ0) is 11.5. The van der Waals surface area contributed by atoms with Gasteiger partial charge in [0.25, 0.3) is 0 Å². The minimum atomic E-state index is 0.0304. The van der Waals surface area contributed by atoms with Crippen LogP contribution in [0.3, 0.4) is 0 Å². The molecule has 88 valence electrons. The fourth-order valence-electron chi connectivity index (χ4n) is 1.63. The predicted molar refractivity (Wildman–Crippen MR) is 62.9 cm³/mol. The second-order valence-electron chi connectivity index (χ2n) is 4.14. The van der Waals surface area contributed by atoms with E-state index in [1.807, 2.05) is 6.92 Å². The normalized spacial score (nSPS) is 15.4. The number of hydrogen-bond acceptors (Lipinski definition) is 3. The van der Waals surface area contributed by atoms with Gasteiger partial charge in [0.1, 0.15) is 5.69 Å². The lowest BCUT2D eigenvalue weighted by atomic mass is 10.2. The fourth-order valence-corrected chi connectivity index (χ4v) is 1.88. The number of carbonyl (C=O) groups is 1. The van der Waals surface area contributed by atoms with Crippen molar-refractivity contribution in [3.05, 3.63) is 16.9 Å². The molecule has 1 N–H and O–H groups in total. The minimum Gasteiger partial charge on any atom is -0.307 e. The van der Waals surface area contributed by atoms with Crippen LogP contribution >= 0.6 is 11.6 Å². The van der Waals surface area contributed by atoms with E-state index in [2.05, 4.69) is 10.4 Å². The van der Waals surface area contributed by atoms with Crippen molar-refractivity contribution in [2.75, 3.05) is 6.54 Å². The van der Waals surface area contributed by atoms with Crippen LogP contribution in [0.25, 0.3) is 0 Å². The van der Waals surface area contributed by atoms with Crippen molar-refractivity contribution in [3.63, 3.8) is 0 Å². The molecule has 1 aliphatic rings. The number of carbonyl (C=O) groups excluding carboxylic acids is 1. The van der Waals surface area contributed by atoms with Gasteiger partial charge in [0, 0.05) is 12.6 Å². The molecule has 0 bridgehead atoms. The lowest BCUT2D eigenvalue weighted by molar-refractivity contribution is 0.0980. The molecule has 16 heavy (non-hydrogen) atoms. The van der Waals surface area contributed by atoms with Gasteiger partial charge in [-0.3, -0.25) is 9.48 Å². The highest BCUT2D eigenvalue weighted by Gasteiger charge is 2.23. The van der Waals surface area contributed by atoms with Crippen LogP contribution in [-0.4, -0.2) is 28.2 Å². The van der Waals surface area contributed by atoms with Gasteiger partial charge in [0.05, 0.1) is 17.8 Å². The van der Waals surface area contributed by atoms with E-state index >= 15 is 0 Å². The maximum atomic E-state index is 11.9. The minimum absolute atomic E-state index is 0.0304. The van der Waals surface area contributed by atoms with Gasteiger partial charge < -0.3 is 5.32 Å². The Labute approximate surface area is 100.0 Å². The Bertz CT molecular complexity index is 385. The molecule has 0 aromatic carbocycles. The summed E-state index contributed by atoms with van der Waals surface area (Å²) in [6.07, 6.45) is 4.83. The first-order valence-corrected chi connectivity index (χ1v) is 6.08. The zero-order valence-electron chi connectivity index (χ0n) is 9.37. The smallest absolute Gasteiger partial charge is 0.196 e. The standard InChI is InChI=1S/C11H16ClN3O/c1-2-5-15-11(9(12)6-14-15)10(16)7-13-8-3-4-8/h6,8,13H,2-5,7H2,1H3. The van der Waals surface area contributed by atoms with E-state index in [0.717, 1.165) is 13.0 Å². The molecule has 0 radical (unpaired) electrons. The Morgan fingerprint density at radius 2 is 2.44 bits per heavy atom. The quantitative estimate of drug-likeness (QED) is 0.774. The monoisotopic (exact) mass is 241 g/mol. The molecule has 1 aliphatic carbocycles.